The van der Waals surface area contributed by atoms with Gasteiger partial charge in [0.05, 0.1) is 5.52 Å². The first-order valence-electron chi connectivity index (χ1n) is 6.82. The van der Waals surface area contributed by atoms with Crippen molar-refractivity contribution >= 4 is 16.8 Å². The molecule has 2 heterocycles. The van der Waals surface area contributed by atoms with Crippen LogP contribution in [-0.4, -0.2) is 34.1 Å². The van der Waals surface area contributed by atoms with Gasteiger partial charge in [0.15, 0.2) is 5.43 Å². The van der Waals surface area contributed by atoms with Crippen molar-refractivity contribution < 1.29 is 18.0 Å². The third-order valence-electron chi connectivity index (χ3n) is 3.91. The van der Waals surface area contributed by atoms with E-state index in [9.17, 15) is 22.8 Å². The lowest BCUT2D eigenvalue weighted by molar-refractivity contribution is -0.212. The third kappa shape index (κ3) is 2.47. The van der Waals surface area contributed by atoms with Crippen LogP contribution in [0.1, 0.15) is 6.42 Å². The van der Waals surface area contributed by atoms with Crippen molar-refractivity contribution in [1.82, 2.24) is 9.47 Å². The van der Waals surface area contributed by atoms with Crippen molar-refractivity contribution in [2.75, 3.05) is 6.54 Å². The molecule has 1 aromatic carbocycles. The number of alkyl halides is 3. The highest BCUT2D eigenvalue weighted by Crippen LogP contribution is 2.33. The van der Waals surface area contributed by atoms with Crippen molar-refractivity contribution in [2.45, 2.75) is 25.2 Å². The lowest BCUT2D eigenvalue weighted by Gasteiger charge is -2.41. The van der Waals surface area contributed by atoms with E-state index in [-0.39, 0.29) is 24.9 Å². The highest BCUT2D eigenvalue weighted by atomic mass is 19.4. The van der Waals surface area contributed by atoms with Crippen LogP contribution in [0.25, 0.3) is 10.9 Å². The number of pyridine rings is 1. The fraction of sp³-hybridized carbons (Fsp3) is 0.333. The minimum atomic E-state index is -4.39. The average molecular weight is 310 g/mol. The summed E-state index contributed by atoms with van der Waals surface area (Å²) in [7, 11) is 0. The molecule has 1 aliphatic rings. The summed E-state index contributed by atoms with van der Waals surface area (Å²) in [5, 5.41) is 0.439. The Kier molecular flexibility index (Phi) is 3.42. The molecule has 7 heteroatoms. The van der Waals surface area contributed by atoms with Crippen molar-refractivity contribution in [3.8, 4) is 0 Å². The van der Waals surface area contributed by atoms with Crippen LogP contribution in [0.5, 0.6) is 0 Å². The second-order valence-corrected chi connectivity index (χ2v) is 5.26. The van der Waals surface area contributed by atoms with Crippen LogP contribution in [0.3, 0.4) is 0 Å². The summed E-state index contributed by atoms with van der Waals surface area (Å²) in [4.78, 5) is 24.7. The Morgan fingerprint density at radius 3 is 2.59 bits per heavy atom. The van der Waals surface area contributed by atoms with Crippen molar-refractivity contribution in [2.24, 2.45) is 0 Å². The number of para-hydroxylation sites is 1. The smallest absolute Gasteiger partial charge is 0.338 e. The van der Waals surface area contributed by atoms with Crippen LogP contribution in [0.4, 0.5) is 13.2 Å². The monoisotopic (exact) mass is 310 g/mol. The normalized spacial score (nSPS) is 18.3. The molecular formula is C15H13F3N2O2. The molecule has 116 valence electrons. The quantitative estimate of drug-likeness (QED) is 0.853. The highest BCUT2D eigenvalue weighted by Gasteiger charge is 2.50. The molecule has 0 saturated carbocycles. The molecule has 3 rings (SSSR count). The summed E-state index contributed by atoms with van der Waals surface area (Å²) in [6, 6.07) is 6.33. The average Bonchev–Trinajstić information content (AvgIpc) is 2.39. The third-order valence-corrected chi connectivity index (χ3v) is 3.91. The fourth-order valence-corrected chi connectivity index (χ4v) is 2.66. The molecule has 1 unspecified atom stereocenters. The van der Waals surface area contributed by atoms with E-state index in [0.717, 1.165) is 4.90 Å². The van der Waals surface area contributed by atoms with Crippen molar-refractivity contribution in [1.29, 1.82) is 0 Å². The molecule has 1 amide bonds. The van der Waals surface area contributed by atoms with Gasteiger partial charge in [0.2, 0.25) is 5.91 Å². The lowest BCUT2D eigenvalue weighted by atomic mass is 10.0. The number of benzene rings is 1. The van der Waals surface area contributed by atoms with E-state index in [4.69, 9.17) is 0 Å². The SMILES string of the molecule is O=C(Cn1ccc(=O)c2ccccc21)N1CCC1C(F)(F)F. The topological polar surface area (TPSA) is 42.3 Å². The number of amides is 1. The van der Waals surface area contributed by atoms with Gasteiger partial charge in [-0.1, -0.05) is 12.1 Å². The molecule has 1 aromatic heterocycles. The Morgan fingerprint density at radius 1 is 1.23 bits per heavy atom. The van der Waals surface area contributed by atoms with Gasteiger partial charge >= 0.3 is 6.18 Å². The Labute approximate surface area is 123 Å². The predicted octanol–water partition coefficient (Wildman–Crippen LogP) is 2.16. The maximum absolute atomic E-state index is 12.7. The van der Waals surface area contributed by atoms with E-state index in [1.165, 1.54) is 16.8 Å². The minimum Gasteiger partial charge on any atom is -0.338 e. The van der Waals surface area contributed by atoms with Gasteiger partial charge in [0.1, 0.15) is 12.6 Å². The second kappa shape index (κ2) is 5.15. The van der Waals surface area contributed by atoms with E-state index in [2.05, 4.69) is 0 Å². The van der Waals surface area contributed by atoms with Gasteiger partial charge < -0.3 is 9.47 Å². The zero-order chi connectivity index (χ0) is 15.9. The van der Waals surface area contributed by atoms with Crippen LogP contribution >= 0.6 is 0 Å². The fourth-order valence-electron chi connectivity index (χ4n) is 2.66. The van der Waals surface area contributed by atoms with E-state index in [1.54, 1.807) is 24.3 Å². The molecule has 2 aromatic rings. The number of carbonyl (C=O) groups excluding carboxylic acids is 1. The maximum atomic E-state index is 12.7. The zero-order valence-electron chi connectivity index (χ0n) is 11.5. The molecule has 1 aliphatic heterocycles. The standard InChI is InChI=1S/C15H13F3N2O2/c16-15(17,18)13-6-8-20(13)14(22)9-19-7-5-12(21)10-3-1-2-4-11(10)19/h1-5,7,13H,6,8-9H2. The largest absolute Gasteiger partial charge is 0.408 e. The van der Waals surface area contributed by atoms with E-state index < -0.39 is 18.1 Å². The van der Waals surface area contributed by atoms with Gasteiger partial charge in [0, 0.05) is 24.2 Å². The second-order valence-electron chi connectivity index (χ2n) is 5.26. The summed E-state index contributed by atoms with van der Waals surface area (Å²) in [5.41, 5.74) is 0.351. The van der Waals surface area contributed by atoms with E-state index in [1.807, 2.05) is 0 Å². The predicted molar refractivity (Wildman–Crippen MR) is 74.4 cm³/mol. The molecule has 0 N–H and O–H groups in total. The van der Waals surface area contributed by atoms with Gasteiger partial charge in [-0.25, -0.2) is 0 Å². The first-order chi connectivity index (χ1) is 10.4. The molecule has 0 bridgehead atoms. The first-order valence-corrected chi connectivity index (χ1v) is 6.82. The van der Waals surface area contributed by atoms with Crippen molar-refractivity contribution in [3.63, 3.8) is 0 Å². The zero-order valence-corrected chi connectivity index (χ0v) is 11.5. The van der Waals surface area contributed by atoms with Gasteiger partial charge in [-0.05, 0) is 18.6 Å². The Balaban J connectivity index is 1.87. The number of likely N-dealkylation sites (tertiary alicyclic amines) is 1. The Hall–Kier alpha value is -2.31. The summed E-state index contributed by atoms with van der Waals surface area (Å²) < 4.78 is 39.6. The highest BCUT2D eigenvalue weighted by molar-refractivity contribution is 5.82. The van der Waals surface area contributed by atoms with Gasteiger partial charge in [-0.15, -0.1) is 0 Å². The van der Waals surface area contributed by atoms with Gasteiger partial charge in [-0.3, -0.25) is 9.59 Å². The van der Waals surface area contributed by atoms with Crippen LogP contribution in [0.15, 0.2) is 41.3 Å². The number of aromatic nitrogens is 1. The molecule has 4 nitrogen and oxygen atoms in total. The number of hydrogen-bond donors (Lipinski definition) is 0. The van der Waals surface area contributed by atoms with Crippen LogP contribution in [0, 0.1) is 0 Å². The molecule has 0 radical (unpaired) electrons. The summed E-state index contributed by atoms with van der Waals surface area (Å²) in [6.07, 6.45) is -3.01. The molecule has 22 heavy (non-hydrogen) atoms. The number of halogens is 3. The number of nitrogens with zero attached hydrogens (tertiary/aromatic N) is 2. The van der Waals surface area contributed by atoms with Gasteiger partial charge in [-0.2, -0.15) is 13.2 Å². The number of carbonyl (C=O) groups is 1. The number of fused-ring (bicyclic) bond motifs is 1. The summed E-state index contributed by atoms with van der Waals surface area (Å²) in [5.74, 6) is -0.595. The van der Waals surface area contributed by atoms with E-state index in [0.29, 0.717) is 10.9 Å². The first kappa shape index (κ1) is 14.6. The van der Waals surface area contributed by atoms with E-state index >= 15 is 0 Å². The minimum absolute atomic E-state index is 0.0554. The Morgan fingerprint density at radius 2 is 1.95 bits per heavy atom. The van der Waals surface area contributed by atoms with Crippen LogP contribution in [-0.2, 0) is 11.3 Å². The van der Waals surface area contributed by atoms with Gasteiger partial charge in [0.25, 0.3) is 0 Å². The van der Waals surface area contributed by atoms with Crippen LogP contribution < -0.4 is 5.43 Å². The molecule has 0 aliphatic carbocycles. The Bertz CT molecular complexity index is 782. The molecule has 1 atom stereocenters. The summed E-state index contributed by atoms with van der Waals surface area (Å²) in [6.45, 7) is -0.103. The molecule has 1 fully saturated rings. The number of hydrogen-bond acceptors (Lipinski definition) is 2. The van der Waals surface area contributed by atoms with Crippen molar-refractivity contribution in [3.05, 3.63) is 46.8 Å². The molecular weight excluding hydrogens is 297 g/mol. The maximum Gasteiger partial charge on any atom is 0.408 e. The summed E-state index contributed by atoms with van der Waals surface area (Å²) >= 11 is 0. The van der Waals surface area contributed by atoms with Crippen LogP contribution in [0.2, 0.25) is 0 Å². The lowest BCUT2D eigenvalue weighted by Crippen LogP contribution is -2.58. The molecule has 0 spiro atoms. The number of rotatable bonds is 2. The molecule has 1 saturated heterocycles.